The van der Waals surface area contributed by atoms with Gasteiger partial charge in [-0.2, -0.15) is 9.97 Å². The number of amides is 1. The number of rotatable bonds is 4. The van der Waals surface area contributed by atoms with E-state index >= 15 is 4.39 Å². The van der Waals surface area contributed by atoms with Crippen molar-refractivity contribution in [2.45, 2.75) is 65.1 Å². The Bertz CT molecular complexity index is 1110. The van der Waals surface area contributed by atoms with Crippen LogP contribution >= 0.6 is 11.6 Å². The van der Waals surface area contributed by atoms with Crippen LogP contribution in [0.2, 0.25) is 5.02 Å². The summed E-state index contributed by atoms with van der Waals surface area (Å²) in [6.45, 7) is 12.1. The van der Waals surface area contributed by atoms with Gasteiger partial charge in [-0.15, -0.1) is 0 Å². The number of nitrogens with zero attached hydrogens (tertiary/aromatic N) is 5. The van der Waals surface area contributed by atoms with Crippen molar-refractivity contribution >= 4 is 34.4 Å². The predicted molar refractivity (Wildman–Crippen MR) is 135 cm³/mol. The maximum absolute atomic E-state index is 15.3. The maximum Gasteiger partial charge on any atom is 0.410 e. The SMILES string of the molecule is Cc1c(Cl)cc2c(N3CCN(C(=O)OC(C)(C)C)C[C@@H]3C)nc(OC[C@@H]3CCCN3C)nc2c1F. The molecular weight excluding hydrogens is 473 g/mol. The molecule has 0 unspecified atom stereocenters. The highest BCUT2D eigenvalue weighted by Crippen LogP contribution is 2.35. The van der Waals surface area contributed by atoms with Gasteiger partial charge < -0.3 is 24.2 Å². The second kappa shape index (κ2) is 9.93. The lowest BCUT2D eigenvalue weighted by atomic mass is 10.1. The van der Waals surface area contributed by atoms with E-state index in [2.05, 4.69) is 21.8 Å². The van der Waals surface area contributed by atoms with Gasteiger partial charge in [0.2, 0.25) is 0 Å². The van der Waals surface area contributed by atoms with Gasteiger partial charge in [-0.3, -0.25) is 0 Å². The molecule has 192 valence electrons. The van der Waals surface area contributed by atoms with Gasteiger partial charge >= 0.3 is 12.1 Å². The fourth-order valence-corrected chi connectivity index (χ4v) is 4.86. The first kappa shape index (κ1) is 25.7. The molecule has 1 amide bonds. The molecule has 2 atom stereocenters. The van der Waals surface area contributed by atoms with Crippen LogP contribution in [0.25, 0.3) is 10.9 Å². The highest BCUT2D eigenvalue weighted by Gasteiger charge is 2.32. The van der Waals surface area contributed by atoms with E-state index in [9.17, 15) is 4.79 Å². The summed E-state index contributed by atoms with van der Waals surface area (Å²) in [5.74, 6) is 0.0842. The van der Waals surface area contributed by atoms with Gasteiger partial charge in [0.05, 0.1) is 0 Å². The number of carbonyl (C=O) groups is 1. The van der Waals surface area contributed by atoms with Crippen LogP contribution in [0.4, 0.5) is 15.0 Å². The van der Waals surface area contributed by atoms with Gasteiger partial charge in [0.1, 0.15) is 23.5 Å². The van der Waals surface area contributed by atoms with Gasteiger partial charge in [-0.25, -0.2) is 9.18 Å². The highest BCUT2D eigenvalue weighted by atomic mass is 35.5. The van der Waals surface area contributed by atoms with Crippen LogP contribution in [-0.4, -0.2) is 83.4 Å². The topological polar surface area (TPSA) is 71.0 Å². The van der Waals surface area contributed by atoms with E-state index < -0.39 is 11.4 Å². The fourth-order valence-electron chi connectivity index (χ4n) is 4.66. The zero-order valence-electron chi connectivity index (χ0n) is 21.4. The average molecular weight is 508 g/mol. The molecule has 35 heavy (non-hydrogen) atoms. The fraction of sp³-hybridized carbons (Fsp3) is 0.640. The number of ether oxygens (including phenoxy) is 2. The third-order valence-corrected chi connectivity index (χ3v) is 7.09. The molecule has 2 aliphatic heterocycles. The minimum absolute atomic E-state index is 0.0914. The Kier molecular flexibility index (Phi) is 7.29. The lowest BCUT2D eigenvalue weighted by molar-refractivity contribution is 0.0218. The Morgan fingerprint density at radius 3 is 2.63 bits per heavy atom. The van der Waals surface area contributed by atoms with Gasteiger partial charge in [-0.05, 0) is 67.1 Å². The number of hydrogen-bond donors (Lipinski definition) is 0. The Labute approximate surface area is 211 Å². The summed E-state index contributed by atoms with van der Waals surface area (Å²) in [6, 6.07) is 2.05. The Morgan fingerprint density at radius 1 is 1.26 bits per heavy atom. The van der Waals surface area contributed by atoms with Crippen molar-refractivity contribution < 1.29 is 18.7 Å². The zero-order valence-corrected chi connectivity index (χ0v) is 22.2. The summed E-state index contributed by atoms with van der Waals surface area (Å²) in [7, 11) is 2.07. The molecule has 2 aromatic rings. The molecule has 0 spiro atoms. The first-order valence-electron chi connectivity index (χ1n) is 12.2. The predicted octanol–water partition coefficient (Wildman–Crippen LogP) is 4.65. The lowest BCUT2D eigenvalue weighted by Crippen LogP contribution is -2.55. The van der Waals surface area contributed by atoms with Crippen molar-refractivity contribution in [2.24, 2.45) is 0 Å². The van der Waals surface area contributed by atoms with Gasteiger partial charge in [0.25, 0.3) is 0 Å². The number of benzene rings is 1. The molecular formula is C25H35ClFN5O3. The number of likely N-dealkylation sites (N-methyl/N-ethyl adjacent to an activating group) is 1. The number of aromatic nitrogens is 2. The van der Waals surface area contributed by atoms with Crippen LogP contribution < -0.4 is 9.64 Å². The molecule has 2 fully saturated rings. The average Bonchev–Trinajstić information content (AvgIpc) is 3.19. The number of fused-ring (bicyclic) bond motifs is 1. The van der Waals surface area contributed by atoms with Crippen molar-refractivity contribution in [1.82, 2.24) is 19.8 Å². The van der Waals surface area contributed by atoms with Crippen LogP contribution in [0.1, 0.15) is 46.1 Å². The van der Waals surface area contributed by atoms with E-state index in [1.54, 1.807) is 17.9 Å². The molecule has 0 radical (unpaired) electrons. The van der Waals surface area contributed by atoms with Crippen molar-refractivity contribution in [2.75, 3.05) is 44.7 Å². The zero-order chi connectivity index (χ0) is 25.5. The summed E-state index contributed by atoms with van der Waals surface area (Å²) in [4.78, 5) is 27.8. The van der Waals surface area contributed by atoms with Crippen molar-refractivity contribution in [1.29, 1.82) is 0 Å². The number of piperazine rings is 1. The van der Waals surface area contributed by atoms with E-state index in [4.69, 9.17) is 26.1 Å². The van der Waals surface area contributed by atoms with Crippen LogP contribution in [0.15, 0.2) is 6.07 Å². The standard InChI is InChI=1S/C25H35ClFN5O3/c1-15-13-31(24(33)35-25(3,4)5)10-11-32(15)22-18-12-19(26)16(2)20(27)21(18)28-23(29-22)34-14-17-8-7-9-30(17)6/h12,15,17H,7-11,13-14H2,1-6H3/t15-,17-/m0/s1. The summed E-state index contributed by atoms with van der Waals surface area (Å²) in [5, 5.41) is 0.849. The number of likely N-dealkylation sites (tertiary alicyclic amines) is 1. The maximum atomic E-state index is 15.3. The minimum atomic E-state index is -0.563. The summed E-state index contributed by atoms with van der Waals surface area (Å²) in [6.07, 6.45) is 1.83. The van der Waals surface area contributed by atoms with Gasteiger partial charge in [0, 0.05) is 47.7 Å². The summed E-state index contributed by atoms with van der Waals surface area (Å²) in [5.41, 5.74) is -0.0342. The third kappa shape index (κ3) is 5.56. The van der Waals surface area contributed by atoms with Crippen molar-refractivity contribution in [3.8, 4) is 6.01 Å². The normalized spacial score (nSPS) is 21.6. The van der Waals surface area contributed by atoms with E-state index in [-0.39, 0.29) is 29.7 Å². The van der Waals surface area contributed by atoms with Crippen LogP contribution in [0.3, 0.4) is 0 Å². The Morgan fingerprint density at radius 2 is 2.00 bits per heavy atom. The lowest BCUT2D eigenvalue weighted by Gasteiger charge is -2.41. The molecule has 4 rings (SSSR count). The molecule has 8 nitrogen and oxygen atoms in total. The van der Waals surface area contributed by atoms with E-state index in [0.29, 0.717) is 48.0 Å². The molecule has 10 heteroatoms. The number of carbonyl (C=O) groups excluding carboxylic acids is 1. The smallest absolute Gasteiger partial charge is 0.410 e. The molecule has 1 aromatic heterocycles. The molecule has 0 bridgehead atoms. The van der Waals surface area contributed by atoms with Crippen molar-refractivity contribution in [3.05, 3.63) is 22.5 Å². The molecule has 0 saturated carbocycles. The quantitative estimate of drug-likeness (QED) is 0.596. The largest absolute Gasteiger partial charge is 0.462 e. The number of halogens is 2. The minimum Gasteiger partial charge on any atom is -0.462 e. The van der Waals surface area contributed by atoms with E-state index in [0.717, 1.165) is 19.4 Å². The molecule has 1 aromatic carbocycles. The Balaban J connectivity index is 1.64. The molecule has 2 saturated heterocycles. The summed E-state index contributed by atoms with van der Waals surface area (Å²) < 4.78 is 26.8. The molecule has 3 heterocycles. The van der Waals surface area contributed by atoms with E-state index in [1.807, 2.05) is 27.7 Å². The monoisotopic (exact) mass is 507 g/mol. The first-order chi connectivity index (χ1) is 16.4. The van der Waals surface area contributed by atoms with Crippen LogP contribution in [-0.2, 0) is 4.74 Å². The van der Waals surface area contributed by atoms with Crippen LogP contribution in [0.5, 0.6) is 6.01 Å². The van der Waals surface area contributed by atoms with Crippen LogP contribution in [0, 0.1) is 12.7 Å². The molecule has 2 aliphatic rings. The number of hydrogen-bond acceptors (Lipinski definition) is 7. The molecule has 0 N–H and O–H groups in total. The second-order valence-corrected chi connectivity index (χ2v) is 11.0. The molecule has 0 aliphatic carbocycles. The Hall–Kier alpha value is -2.39. The van der Waals surface area contributed by atoms with Gasteiger partial charge in [0.15, 0.2) is 5.82 Å². The third-order valence-electron chi connectivity index (χ3n) is 6.70. The van der Waals surface area contributed by atoms with Gasteiger partial charge in [-0.1, -0.05) is 11.6 Å². The summed E-state index contributed by atoms with van der Waals surface area (Å²) >= 11 is 6.35. The highest BCUT2D eigenvalue weighted by molar-refractivity contribution is 6.32. The number of anilines is 1. The first-order valence-corrected chi connectivity index (χ1v) is 12.6. The second-order valence-electron chi connectivity index (χ2n) is 10.6. The van der Waals surface area contributed by atoms with Crippen molar-refractivity contribution in [3.63, 3.8) is 0 Å². The van der Waals surface area contributed by atoms with E-state index in [1.165, 1.54) is 0 Å².